The Morgan fingerprint density at radius 1 is 1.22 bits per heavy atom. The van der Waals surface area contributed by atoms with Crippen LogP contribution in [0.1, 0.15) is 23.6 Å². The molecule has 1 N–H and O–H groups in total. The number of amides is 1. The topological polar surface area (TPSA) is 50.8 Å². The molecule has 1 heterocycles. The molecule has 2 aromatic rings. The number of nitrogens with zero attached hydrogens (tertiary/aromatic N) is 1. The number of rotatable bonds is 9. The number of benzene rings is 2. The summed E-state index contributed by atoms with van der Waals surface area (Å²) < 4.78 is 63.3. The molecule has 1 atom stereocenters. The standard InChI is InChI=1S/C23H26F4N2O3/c1-15(13-31-2)28-22(30)18-11-29(12-18)10-17-6-7-20(9-21(17)24)32-14-16-4-3-5-19(8-16)23(25,26)27/h3-9,15,18H,10-14H2,1-2H3,(H,28,30)/t15-/m0/s1. The second-order valence-electron chi connectivity index (χ2n) is 8.00. The first-order chi connectivity index (χ1) is 15.2. The average Bonchev–Trinajstić information content (AvgIpc) is 2.69. The molecule has 174 valence electrons. The van der Waals surface area contributed by atoms with Crippen LogP contribution in [0.15, 0.2) is 42.5 Å². The molecule has 0 spiro atoms. The summed E-state index contributed by atoms with van der Waals surface area (Å²) in [6.07, 6.45) is -4.43. The molecule has 3 rings (SSSR count). The fourth-order valence-corrected chi connectivity index (χ4v) is 3.51. The first-order valence-corrected chi connectivity index (χ1v) is 10.2. The summed E-state index contributed by atoms with van der Waals surface area (Å²) >= 11 is 0. The van der Waals surface area contributed by atoms with Crippen LogP contribution in [0.2, 0.25) is 0 Å². The second-order valence-corrected chi connectivity index (χ2v) is 8.00. The van der Waals surface area contributed by atoms with Gasteiger partial charge >= 0.3 is 6.18 Å². The Morgan fingerprint density at radius 3 is 2.62 bits per heavy atom. The largest absolute Gasteiger partial charge is 0.489 e. The van der Waals surface area contributed by atoms with Gasteiger partial charge in [0.15, 0.2) is 0 Å². The van der Waals surface area contributed by atoms with Crippen LogP contribution in [0.5, 0.6) is 5.75 Å². The van der Waals surface area contributed by atoms with E-state index in [0.29, 0.717) is 37.4 Å². The van der Waals surface area contributed by atoms with E-state index in [4.69, 9.17) is 9.47 Å². The van der Waals surface area contributed by atoms with Gasteiger partial charge in [-0.2, -0.15) is 13.2 Å². The Kier molecular flexibility index (Phi) is 7.73. The summed E-state index contributed by atoms with van der Waals surface area (Å²) in [5, 5.41) is 2.88. The summed E-state index contributed by atoms with van der Waals surface area (Å²) in [5.74, 6) is -0.401. The van der Waals surface area contributed by atoms with E-state index >= 15 is 0 Å². The number of ether oxygens (including phenoxy) is 2. The van der Waals surface area contributed by atoms with E-state index in [2.05, 4.69) is 5.32 Å². The molecule has 2 aromatic carbocycles. The van der Waals surface area contributed by atoms with Crippen molar-refractivity contribution in [3.05, 3.63) is 65.0 Å². The van der Waals surface area contributed by atoms with Gasteiger partial charge < -0.3 is 14.8 Å². The predicted octanol–water partition coefficient (Wildman–Crippen LogP) is 4.01. The van der Waals surface area contributed by atoms with Crippen LogP contribution in [0, 0.1) is 11.7 Å². The fourth-order valence-electron chi connectivity index (χ4n) is 3.51. The van der Waals surface area contributed by atoms with Crippen molar-refractivity contribution in [2.24, 2.45) is 5.92 Å². The van der Waals surface area contributed by atoms with Crippen LogP contribution in [-0.4, -0.2) is 43.7 Å². The maximum Gasteiger partial charge on any atom is 0.416 e. The van der Waals surface area contributed by atoms with Crippen LogP contribution in [0.3, 0.4) is 0 Å². The zero-order chi connectivity index (χ0) is 23.3. The van der Waals surface area contributed by atoms with Gasteiger partial charge in [0.2, 0.25) is 5.91 Å². The third-order valence-corrected chi connectivity index (χ3v) is 5.21. The van der Waals surface area contributed by atoms with Gasteiger partial charge in [-0.15, -0.1) is 0 Å². The Bertz CT molecular complexity index is 930. The van der Waals surface area contributed by atoms with E-state index in [1.807, 2.05) is 11.8 Å². The second kappa shape index (κ2) is 10.3. The van der Waals surface area contributed by atoms with Crippen molar-refractivity contribution in [3.63, 3.8) is 0 Å². The van der Waals surface area contributed by atoms with Crippen molar-refractivity contribution < 1.29 is 31.8 Å². The average molecular weight is 454 g/mol. The normalized spacial score (nSPS) is 15.8. The van der Waals surface area contributed by atoms with E-state index in [1.165, 1.54) is 18.2 Å². The molecule has 1 fully saturated rings. The predicted molar refractivity (Wildman–Crippen MR) is 110 cm³/mol. The van der Waals surface area contributed by atoms with Gasteiger partial charge in [-0.05, 0) is 30.7 Å². The van der Waals surface area contributed by atoms with Gasteiger partial charge in [0.1, 0.15) is 18.2 Å². The van der Waals surface area contributed by atoms with Gasteiger partial charge in [-0.3, -0.25) is 9.69 Å². The Labute approximate surface area is 184 Å². The third kappa shape index (κ3) is 6.43. The van der Waals surface area contributed by atoms with Gasteiger partial charge in [0, 0.05) is 44.4 Å². The van der Waals surface area contributed by atoms with Crippen LogP contribution in [0.25, 0.3) is 0 Å². The van der Waals surface area contributed by atoms with Crippen molar-refractivity contribution in [3.8, 4) is 5.75 Å². The summed E-state index contributed by atoms with van der Waals surface area (Å²) in [7, 11) is 1.57. The van der Waals surface area contributed by atoms with E-state index < -0.39 is 17.6 Å². The van der Waals surface area contributed by atoms with Crippen LogP contribution in [-0.2, 0) is 28.9 Å². The zero-order valence-corrected chi connectivity index (χ0v) is 17.9. The summed E-state index contributed by atoms with van der Waals surface area (Å²) in [4.78, 5) is 14.1. The van der Waals surface area contributed by atoms with Crippen molar-refractivity contribution in [1.82, 2.24) is 10.2 Å². The highest BCUT2D eigenvalue weighted by molar-refractivity contribution is 5.80. The third-order valence-electron chi connectivity index (χ3n) is 5.21. The molecule has 0 radical (unpaired) electrons. The zero-order valence-electron chi connectivity index (χ0n) is 17.9. The number of halogens is 4. The van der Waals surface area contributed by atoms with Gasteiger partial charge in [0.05, 0.1) is 18.1 Å². The minimum Gasteiger partial charge on any atom is -0.489 e. The lowest BCUT2D eigenvalue weighted by Gasteiger charge is -2.38. The summed E-state index contributed by atoms with van der Waals surface area (Å²) in [5.41, 5.74) is 0.0480. The van der Waals surface area contributed by atoms with E-state index in [0.717, 1.165) is 12.1 Å². The van der Waals surface area contributed by atoms with Crippen molar-refractivity contribution in [1.29, 1.82) is 0 Å². The molecule has 9 heteroatoms. The fraction of sp³-hybridized carbons (Fsp3) is 0.435. The molecule has 1 amide bonds. The number of methoxy groups -OCH3 is 1. The lowest BCUT2D eigenvalue weighted by atomic mass is 9.97. The molecule has 0 saturated carbocycles. The minimum atomic E-state index is -4.43. The van der Waals surface area contributed by atoms with Gasteiger partial charge in [0.25, 0.3) is 0 Å². The van der Waals surface area contributed by atoms with Crippen molar-refractivity contribution in [2.75, 3.05) is 26.8 Å². The van der Waals surface area contributed by atoms with Crippen molar-refractivity contribution >= 4 is 5.91 Å². The maximum atomic E-state index is 14.5. The van der Waals surface area contributed by atoms with Gasteiger partial charge in [-0.25, -0.2) is 4.39 Å². The molecule has 1 aliphatic heterocycles. The molecular weight excluding hydrogens is 428 g/mol. The monoisotopic (exact) mass is 454 g/mol. The van der Waals surface area contributed by atoms with Gasteiger partial charge in [-0.1, -0.05) is 18.2 Å². The highest BCUT2D eigenvalue weighted by Crippen LogP contribution is 2.30. The van der Waals surface area contributed by atoms with Crippen LogP contribution < -0.4 is 10.1 Å². The molecule has 1 aliphatic rings. The maximum absolute atomic E-state index is 14.5. The lowest BCUT2D eigenvalue weighted by Crippen LogP contribution is -2.54. The van der Waals surface area contributed by atoms with E-state index in [-0.39, 0.29) is 30.2 Å². The first-order valence-electron chi connectivity index (χ1n) is 10.2. The quantitative estimate of drug-likeness (QED) is 0.582. The number of hydrogen-bond acceptors (Lipinski definition) is 4. The van der Waals surface area contributed by atoms with Crippen LogP contribution in [0.4, 0.5) is 17.6 Å². The molecule has 1 saturated heterocycles. The van der Waals surface area contributed by atoms with E-state index in [1.54, 1.807) is 19.2 Å². The number of likely N-dealkylation sites (tertiary alicyclic amines) is 1. The smallest absolute Gasteiger partial charge is 0.416 e. The minimum absolute atomic E-state index is 0.0374. The molecule has 0 bridgehead atoms. The van der Waals surface area contributed by atoms with Crippen molar-refractivity contribution in [2.45, 2.75) is 32.3 Å². The van der Waals surface area contributed by atoms with Crippen LogP contribution >= 0.6 is 0 Å². The molecule has 0 aliphatic carbocycles. The lowest BCUT2D eigenvalue weighted by molar-refractivity contribution is -0.137. The first kappa shape index (κ1) is 24.0. The molecule has 32 heavy (non-hydrogen) atoms. The number of carbonyl (C=O) groups is 1. The number of nitrogens with one attached hydrogen (secondary N) is 1. The molecular formula is C23H26F4N2O3. The highest BCUT2D eigenvalue weighted by Gasteiger charge is 2.33. The van der Waals surface area contributed by atoms with E-state index in [9.17, 15) is 22.4 Å². The molecule has 5 nitrogen and oxygen atoms in total. The summed E-state index contributed by atoms with van der Waals surface area (Å²) in [6, 6.07) is 9.16. The number of alkyl halides is 3. The Hall–Kier alpha value is -2.65. The number of carbonyl (C=O) groups excluding carboxylic acids is 1. The Morgan fingerprint density at radius 2 is 1.97 bits per heavy atom. The Balaban J connectivity index is 1.48. The summed E-state index contributed by atoms with van der Waals surface area (Å²) in [6.45, 7) is 3.64. The SMILES string of the molecule is COC[C@H](C)NC(=O)C1CN(Cc2ccc(OCc3cccc(C(F)(F)F)c3)cc2F)C1. The highest BCUT2D eigenvalue weighted by atomic mass is 19.4. The molecule has 0 aromatic heterocycles. The molecule has 0 unspecified atom stereocenters. The number of hydrogen-bond donors (Lipinski definition) is 1.